The van der Waals surface area contributed by atoms with Crippen molar-refractivity contribution in [1.29, 1.82) is 0 Å². The van der Waals surface area contributed by atoms with Gasteiger partial charge in [-0.3, -0.25) is 10.0 Å². The highest BCUT2D eigenvalue weighted by Crippen LogP contribution is 2.42. The lowest BCUT2D eigenvalue weighted by Gasteiger charge is -2.38. The third-order valence-corrected chi connectivity index (χ3v) is 5.56. The Morgan fingerprint density at radius 1 is 1.08 bits per heavy atom. The Kier molecular flexibility index (Phi) is 9.35. The SMILES string of the molecule is C[C@@H](c1ncncc1F)[C@](O)(CN1C=NCN1)c1ccc(F)cc1-c1ncncc1F.O=C(O)/C=C/C(=O)O. The number of nitrogens with zero attached hydrogens (tertiary/aromatic N) is 6. The summed E-state index contributed by atoms with van der Waals surface area (Å²) in [5, 5.41) is 29.1. The second-order valence-corrected chi connectivity index (χ2v) is 8.06. The molecule has 204 valence electrons. The molecule has 2 aromatic heterocycles. The molecular formula is C24H22F3N7O5. The molecule has 2 atom stereocenters. The number of aromatic nitrogens is 4. The van der Waals surface area contributed by atoms with Gasteiger partial charge in [0.25, 0.3) is 0 Å². The summed E-state index contributed by atoms with van der Waals surface area (Å²) in [5.74, 6) is -5.62. The van der Waals surface area contributed by atoms with Crippen LogP contribution in [0.15, 0.2) is 60.4 Å². The molecule has 12 nitrogen and oxygen atoms in total. The first-order chi connectivity index (χ1) is 18.5. The molecule has 3 aromatic rings. The Bertz CT molecular complexity index is 1390. The van der Waals surface area contributed by atoms with E-state index in [-0.39, 0.29) is 29.1 Å². The van der Waals surface area contributed by atoms with Gasteiger partial charge in [-0.05, 0) is 17.7 Å². The lowest BCUT2D eigenvalue weighted by Crippen LogP contribution is -2.47. The zero-order chi connectivity index (χ0) is 28.6. The van der Waals surface area contributed by atoms with Gasteiger partial charge in [0.05, 0.1) is 24.6 Å². The Morgan fingerprint density at radius 3 is 2.28 bits per heavy atom. The number of carboxylic acids is 2. The topological polar surface area (TPSA) is 174 Å². The summed E-state index contributed by atoms with van der Waals surface area (Å²) in [6.07, 6.45) is 6.81. The maximum Gasteiger partial charge on any atom is 0.328 e. The standard InChI is InChI=1S/C20H18F3N7O.C4H4O4/c1-12(18-16(22)5-24-8-27-18)20(31,7-30-11-26-10-29-30)15-3-2-13(21)4-14(15)19-17(23)6-25-9-28-19;5-3(6)1-2-4(7)8/h2-6,8-9,11-12,29,31H,7,10H2,1H3;1-2H,(H,5,6)(H,7,8)/b;2-1+/t12-,20+;/m0./s1. The Labute approximate surface area is 219 Å². The molecule has 0 radical (unpaired) electrons. The molecule has 0 amide bonds. The number of aliphatic hydroxyl groups is 1. The molecule has 39 heavy (non-hydrogen) atoms. The molecule has 0 unspecified atom stereocenters. The number of hydrogen-bond donors (Lipinski definition) is 4. The molecule has 15 heteroatoms. The van der Waals surface area contributed by atoms with E-state index in [2.05, 4.69) is 30.4 Å². The summed E-state index contributed by atoms with van der Waals surface area (Å²) in [6, 6.07) is 3.53. The molecule has 0 saturated heterocycles. The average molecular weight is 545 g/mol. The number of halogens is 3. The number of hydrogen-bond acceptors (Lipinski definition) is 10. The van der Waals surface area contributed by atoms with E-state index >= 15 is 0 Å². The molecular weight excluding hydrogens is 523 g/mol. The normalized spacial score (nSPS) is 14.9. The van der Waals surface area contributed by atoms with Crippen LogP contribution in [0, 0.1) is 17.5 Å². The van der Waals surface area contributed by atoms with Crippen LogP contribution in [0.5, 0.6) is 0 Å². The van der Waals surface area contributed by atoms with Crippen LogP contribution in [-0.4, -0.2) is 71.8 Å². The average Bonchev–Trinajstić information content (AvgIpc) is 3.40. The fourth-order valence-corrected chi connectivity index (χ4v) is 3.73. The van der Waals surface area contributed by atoms with Crippen molar-refractivity contribution < 1.29 is 38.1 Å². The van der Waals surface area contributed by atoms with E-state index in [1.807, 2.05) is 0 Å². The number of carbonyl (C=O) groups is 2. The van der Waals surface area contributed by atoms with E-state index in [9.17, 15) is 27.9 Å². The van der Waals surface area contributed by atoms with Crippen LogP contribution in [0.1, 0.15) is 24.1 Å². The van der Waals surface area contributed by atoms with Crippen molar-refractivity contribution >= 4 is 18.3 Å². The number of nitrogens with one attached hydrogen (secondary N) is 1. The second kappa shape index (κ2) is 12.7. The van der Waals surface area contributed by atoms with Gasteiger partial charge in [0.15, 0.2) is 11.6 Å². The monoisotopic (exact) mass is 545 g/mol. The number of hydrazine groups is 1. The minimum absolute atomic E-state index is 0.0138. The number of aliphatic imine (C=N–C) groups is 1. The van der Waals surface area contributed by atoms with Gasteiger partial charge in [-0.1, -0.05) is 13.0 Å². The predicted molar refractivity (Wildman–Crippen MR) is 129 cm³/mol. The zero-order valence-corrected chi connectivity index (χ0v) is 20.2. The first-order valence-corrected chi connectivity index (χ1v) is 11.1. The maximum atomic E-state index is 14.5. The zero-order valence-electron chi connectivity index (χ0n) is 20.2. The maximum absolute atomic E-state index is 14.5. The Morgan fingerprint density at radius 2 is 1.72 bits per heavy atom. The fourth-order valence-electron chi connectivity index (χ4n) is 3.73. The van der Waals surface area contributed by atoms with Gasteiger partial charge in [0.1, 0.15) is 42.8 Å². The Balaban J connectivity index is 0.000000459. The second-order valence-electron chi connectivity index (χ2n) is 8.06. The molecule has 1 aliphatic heterocycles. The van der Waals surface area contributed by atoms with Crippen molar-refractivity contribution in [3.05, 3.63) is 84.1 Å². The summed E-state index contributed by atoms with van der Waals surface area (Å²) < 4.78 is 43.2. The smallest absolute Gasteiger partial charge is 0.328 e. The first-order valence-electron chi connectivity index (χ1n) is 11.1. The van der Waals surface area contributed by atoms with Gasteiger partial charge in [-0.15, -0.1) is 0 Å². The third-order valence-electron chi connectivity index (χ3n) is 5.56. The fraction of sp³-hybridized carbons (Fsp3) is 0.208. The van der Waals surface area contributed by atoms with E-state index < -0.39 is 40.9 Å². The van der Waals surface area contributed by atoms with Crippen molar-refractivity contribution in [2.45, 2.75) is 18.4 Å². The summed E-state index contributed by atoms with van der Waals surface area (Å²) in [5.41, 5.74) is 0.983. The van der Waals surface area contributed by atoms with Crippen molar-refractivity contribution in [1.82, 2.24) is 30.4 Å². The van der Waals surface area contributed by atoms with Crippen LogP contribution in [0.25, 0.3) is 11.3 Å². The highest BCUT2D eigenvalue weighted by atomic mass is 19.1. The van der Waals surface area contributed by atoms with E-state index in [1.165, 1.54) is 23.7 Å². The minimum atomic E-state index is -1.86. The molecule has 0 saturated carbocycles. The predicted octanol–water partition coefficient (Wildman–Crippen LogP) is 1.86. The van der Waals surface area contributed by atoms with Gasteiger partial charge in [-0.25, -0.2) is 48.1 Å². The summed E-state index contributed by atoms with van der Waals surface area (Å²) in [7, 11) is 0. The first kappa shape index (κ1) is 28.8. The van der Waals surface area contributed by atoms with Crippen molar-refractivity contribution in [3.8, 4) is 11.3 Å². The highest BCUT2D eigenvalue weighted by molar-refractivity contribution is 5.89. The van der Waals surface area contributed by atoms with E-state index in [4.69, 9.17) is 10.2 Å². The van der Waals surface area contributed by atoms with Crippen LogP contribution in [0.4, 0.5) is 13.2 Å². The van der Waals surface area contributed by atoms with Gasteiger partial charge < -0.3 is 15.3 Å². The van der Waals surface area contributed by atoms with Gasteiger partial charge >= 0.3 is 11.9 Å². The molecule has 4 rings (SSSR count). The van der Waals surface area contributed by atoms with E-state index in [0.717, 1.165) is 30.9 Å². The lowest BCUT2D eigenvalue weighted by molar-refractivity contribution is -0.134. The number of carboxylic acid groups (broad SMARTS) is 2. The summed E-state index contributed by atoms with van der Waals surface area (Å²) >= 11 is 0. The lowest BCUT2D eigenvalue weighted by atomic mass is 9.77. The van der Waals surface area contributed by atoms with Gasteiger partial charge in [0.2, 0.25) is 0 Å². The van der Waals surface area contributed by atoms with Crippen molar-refractivity contribution in [2.24, 2.45) is 4.99 Å². The van der Waals surface area contributed by atoms with Crippen LogP contribution >= 0.6 is 0 Å². The largest absolute Gasteiger partial charge is 0.478 e. The van der Waals surface area contributed by atoms with Crippen molar-refractivity contribution in [3.63, 3.8) is 0 Å². The number of benzene rings is 1. The van der Waals surface area contributed by atoms with Gasteiger partial charge in [0, 0.05) is 23.6 Å². The van der Waals surface area contributed by atoms with Crippen LogP contribution < -0.4 is 5.43 Å². The molecule has 0 aliphatic carbocycles. The molecule has 0 bridgehead atoms. The van der Waals surface area contributed by atoms with E-state index in [0.29, 0.717) is 18.8 Å². The quantitative estimate of drug-likeness (QED) is 0.304. The summed E-state index contributed by atoms with van der Waals surface area (Å²) in [6.45, 7) is 1.75. The number of β-amino-alcohol motifs (C(OH)–C–C–N with tert-alkyl or cyclic N) is 1. The van der Waals surface area contributed by atoms with Crippen LogP contribution in [-0.2, 0) is 15.2 Å². The van der Waals surface area contributed by atoms with Gasteiger partial charge in [-0.2, -0.15) is 0 Å². The molecule has 4 N–H and O–H groups in total. The van der Waals surface area contributed by atoms with Crippen LogP contribution in [0.2, 0.25) is 0 Å². The molecule has 1 aromatic carbocycles. The molecule has 0 fully saturated rings. The highest BCUT2D eigenvalue weighted by Gasteiger charge is 2.43. The van der Waals surface area contributed by atoms with Crippen molar-refractivity contribution in [2.75, 3.05) is 13.2 Å². The summed E-state index contributed by atoms with van der Waals surface area (Å²) in [4.78, 5) is 38.3. The minimum Gasteiger partial charge on any atom is -0.478 e. The Hall–Kier alpha value is -4.76. The molecule has 1 aliphatic rings. The van der Waals surface area contributed by atoms with Crippen LogP contribution in [0.3, 0.4) is 0 Å². The third kappa shape index (κ3) is 7.18. The number of rotatable bonds is 8. The number of aliphatic carboxylic acids is 2. The molecule has 0 spiro atoms. The molecule has 3 heterocycles. The van der Waals surface area contributed by atoms with E-state index in [1.54, 1.807) is 6.92 Å².